The summed E-state index contributed by atoms with van der Waals surface area (Å²) in [6.45, 7) is 7.79. The molecule has 5 nitrogen and oxygen atoms in total. The molecule has 1 N–H and O–H groups in total. The smallest absolute Gasteiger partial charge is 0.274 e. The average Bonchev–Trinajstić information content (AvgIpc) is 3.21. The van der Waals surface area contributed by atoms with Crippen molar-refractivity contribution < 1.29 is 9.26 Å². The SMILES string of the molecule is Cc1ccc(C)c2c(C)c(-c3nc([C@H]4CCOC4)no3)[nH]c12. The van der Waals surface area contributed by atoms with Crippen LogP contribution in [0, 0.1) is 20.8 Å². The minimum Gasteiger partial charge on any atom is -0.381 e. The molecule has 0 saturated carbocycles. The van der Waals surface area contributed by atoms with E-state index in [1.807, 2.05) is 0 Å². The number of aromatic nitrogens is 3. The fraction of sp³-hybridized carbons (Fsp3) is 0.412. The number of hydrogen-bond acceptors (Lipinski definition) is 4. The minimum atomic E-state index is 0.255. The zero-order valence-corrected chi connectivity index (χ0v) is 13.1. The summed E-state index contributed by atoms with van der Waals surface area (Å²) in [5.41, 5.74) is 5.71. The summed E-state index contributed by atoms with van der Waals surface area (Å²) in [7, 11) is 0. The van der Waals surface area contributed by atoms with Gasteiger partial charge in [-0.05, 0) is 43.9 Å². The van der Waals surface area contributed by atoms with E-state index in [1.165, 1.54) is 16.5 Å². The van der Waals surface area contributed by atoms with Crippen molar-refractivity contribution in [3.8, 4) is 11.6 Å². The molecule has 1 aromatic carbocycles. The highest BCUT2D eigenvalue weighted by molar-refractivity contribution is 5.93. The van der Waals surface area contributed by atoms with Gasteiger partial charge >= 0.3 is 0 Å². The van der Waals surface area contributed by atoms with Crippen LogP contribution in [0.5, 0.6) is 0 Å². The predicted molar refractivity (Wildman–Crippen MR) is 84.0 cm³/mol. The Bertz CT molecular complexity index is 841. The number of hydrogen-bond donors (Lipinski definition) is 1. The Morgan fingerprint density at radius 2 is 2.00 bits per heavy atom. The molecule has 1 atom stereocenters. The predicted octanol–water partition coefficient (Wildman–Crippen LogP) is 3.65. The first-order valence-electron chi connectivity index (χ1n) is 7.65. The van der Waals surface area contributed by atoms with E-state index in [9.17, 15) is 0 Å². The number of fused-ring (bicyclic) bond motifs is 1. The Morgan fingerprint density at radius 1 is 1.18 bits per heavy atom. The van der Waals surface area contributed by atoms with Crippen LogP contribution in [0.2, 0.25) is 0 Å². The Hall–Kier alpha value is -2.14. The highest BCUT2D eigenvalue weighted by atomic mass is 16.5. The van der Waals surface area contributed by atoms with Gasteiger partial charge in [0.2, 0.25) is 0 Å². The molecule has 3 heterocycles. The molecule has 5 heteroatoms. The number of aromatic amines is 1. The lowest BCUT2D eigenvalue weighted by Crippen LogP contribution is -1.99. The van der Waals surface area contributed by atoms with Crippen molar-refractivity contribution >= 4 is 10.9 Å². The quantitative estimate of drug-likeness (QED) is 0.784. The highest BCUT2D eigenvalue weighted by Crippen LogP contribution is 2.33. The standard InChI is InChI=1S/C17H19N3O2/c1-9-4-5-10(2)14-13(9)11(3)15(18-14)17-19-16(20-22-17)12-6-7-21-8-12/h4-5,12,18H,6-8H2,1-3H3/t12-/m0/s1. The largest absolute Gasteiger partial charge is 0.381 e. The molecule has 4 rings (SSSR count). The van der Waals surface area contributed by atoms with Gasteiger partial charge in [0, 0.05) is 23.4 Å². The van der Waals surface area contributed by atoms with Gasteiger partial charge in [-0.1, -0.05) is 17.3 Å². The molecule has 1 fully saturated rings. The fourth-order valence-corrected chi connectivity index (χ4v) is 3.25. The van der Waals surface area contributed by atoms with Crippen molar-refractivity contribution in [1.29, 1.82) is 0 Å². The lowest BCUT2D eigenvalue weighted by molar-refractivity contribution is 0.192. The van der Waals surface area contributed by atoms with Crippen molar-refractivity contribution in [2.75, 3.05) is 13.2 Å². The molecule has 114 valence electrons. The Labute approximate surface area is 128 Å². The van der Waals surface area contributed by atoms with E-state index in [0.717, 1.165) is 35.6 Å². The molecule has 1 aliphatic rings. The topological polar surface area (TPSA) is 63.9 Å². The second kappa shape index (κ2) is 4.95. The summed E-state index contributed by atoms with van der Waals surface area (Å²) >= 11 is 0. The van der Waals surface area contributed by atoms with Crippen LogP contribution in [-0.2, 0) is 4.74 Å². The molecular weight excluding hydrogens is 278 g/mol. The van der Waals surface area contributed by atoms with Crippen molar-refractivity contribution in [1.82, 2.24) is 15.1 Å². The lowest BCUT2D eigenvalue weighted by Gasteiger charge is -2.00. The zero-order valence-electron chi connectivity index (χ0n) is 13.1. The first-order chi connectivity index (χ1) is 10.6. The van der Waals surface area contributed by atoms with E-state index >= 15 is 0 Å². The molecule has 0 spiro atoms. The van der Waals surface area contributed by atoms with Crippen LogP contribution in [0.4, 0.5) is 0 Å². The number of aryl methyl sites for hydroxylation is 3. The normalized spacial score (nSPS) is 18.4. The van der Waals surface area contributed by atoms with Gasteiger partial charge in [-0.25, -0.2) is 0 Å². The summed E-state index contributed by atoms with van der Waals surface area (Å²) in [5.74, 6) is 1.57. The van der Waals surface area contributed by atoms with Gasteiger partial charge in [0.05, 0.1) is 6.61 Å². The summed E-state index contributed by atoms with van der Waals surface area (Å²) < 4.78 is 10.9. The van der Waals surface area contributed by atoms with Crippen LogP contribution in [0.3, 0.4) is 0 Å². The highest BCUT2D eigenvalue weighted by Gasteiger charge is 2.25. The van der Waals surface area contributed by atoms with Gasteiger partial charge in [0.25, 0.3) is 5.89 Å². The van der Waals surface area contributed by atoms with E-state index in [0.29, 0.717) is 12.5 Å². The third-order valence-electron chi connectivity index (χ3n) is 4.57. The van der Waals surface area contributed by atoms with Crippen LogP contribution >= 0.6 is 0 Å². The molecule has 0 amide bonds. The first kappa shape index (κ1) is 13.5. The third-order valence-corrected chi connectivity index (χ3v) is 4.57. The van der Waals surface area contributed by atoms with Gasteiger partial charge in [0.15, 0.2) is 5.82 Å². The zero-order chi connectivity index (χ0) is 15.3. The number of H-pyrrole nitrogens is 1. The maximum atomic E-state index is 5.51. The summed E-state index contributed by atoms with van der Waals surface area (Å²) in [4.78, 5) is 8.05. The van der Waals surface area contributed by atoms with Gasteiger partial charge in [-0.15, -0.1) is 0 Å². The molecule has 22 heavy (non-hydrogen) atoms. The van der Waals surface area contributed by atoms with E-state index in [-0.39, 0.29) is 5.92 Å². The molecule has 3 aromatic rings. The minimum absolute atomic E-state index is 0.255. The molecule has 0 bridgehead atoms. The number of nitrogens with one attached hydrogen (secondary N) is 1. The molecule has 2 aromatic heterocycles. The monoisotopic (exact) mass is 297 g/mol. The third kappa shape index (κ3) is 1.96. The molecule has 0 aliphatic carbocycles. The molecular formula is C17H19N3O2. The van der Waals surface area contributed by atoms with Crippen molar-refractivity contribution in [3.63, 3.8) is 0 Å². The molecule has 0 radical (unpaired) electrons. The average molecular weight is 297 g/mol. The fourth-order valence-electron chi connectivity index (χ4n) is 3.25. The van der Waals surface area contributed by atoms with Crippen LogP contribution in [-0.4, -0.2) is 28.3 Å². The van der Waals surface area contributed by atoms with Crippen LogP contribution in [0.25, 0.3) is 22.5 Å². The van der Waals surface area contributed by atoms with Crippen molar-refractivity contribution in [3.05, 3.63) is 34.6 Å². The van der Waals surface area contributed by atoms with Gasteiger partial charge < -0.3 is 14.2 Å². The molecule has 1 saturated heterocycles. The second-order valence-electron chi connectivity index (χ2n) is 6.09. The number of ether oxygens (including phenoxy) is 1. The van der Waals surface area contributed by atoms with Gasteiger partial charge in [0.1, 0.15) is 5.69 Å². The first-order valence-corrected chi connectivity index (χ1v) is 7.65. The van der Waals surface area contributed by atoms with E-state index in [4.69, 9.17) is 9.26 Å². The Kier molecular flexibility index (Phi) is 3.04. The molecule has 1 aliphatic heterocycles. The summed E-state index contributed by atoms with van der Waals surface area (Å²) in [5, 5.41) is 5.39. The van der Waals surface area contributed by atoms with Crippen LogP contribution in [0.15, 0.2) is 16.7 Å². The van der Waals surface area contributed by atoms with Crippen LogP contribution in [0.1, 0.15) is 34.9 Å². The summed E-state index contributed by atoms with van der Waals surface area (Å²) in [6.07, 6.45) is 0.961. The Balaban J connectivity index is 1.83. The summed E-state index contributed by atoms with van der Waals surface area (Å²) in [6, 6.07) is 4.28. The van der Waals surface area contributed by atoms with E-state index in [1.54, 1.807) is 0 Å². The number of rotatable bonds is 2. The Morgan fingerprint density at radius 3 is 2.73 bits per heavy atom. The second-order valence-corrected chi connectivity index (χ2v) is 6.09. The maximum absolute atomic E-state index is 5.51. The van der Waals surface area contributed by atoms with E-state index < -0.39 is 0 Å². The van der Waals surface area contributed by atoms with Crippen molar-refractivity contribution in [2.24, 2.45) is 0 Å². The lowest BCUT2D eigenvalue weighted by atomic mass is 10.0. The number of benzene rings is 1. The van der Waals surface area contributed by atoms with Crippen LogP contribution < -0.4 is 0 Å². The number of nitrogens with zero attached hydrogens (tertiary/aromatic N) is 2. The van der Waals surface area contributed by atoms with E-state index in [2.05, 4.69) is 48.0 Å². The molecule has 0 unspecified atom stereocenters. The maximum Gasteiger partial charge on any atom is 0.274 e. The van der Waals surface area contributed by atoms with Crippen molar-refractivity contribution in [2.45, 2.75) is 33.1 Å². The van der Waals surface area contributed by atoms with Gasteiger partial charge in [-0.2, -0.15) is 4.98 Å². The van der Waals surface area contributed by atoms with Gasteiger partial charge in [-0.3, -0.25) is 0 Å².